The molecular weight excluding hydrogens is 190 g/mol. The highest BCUT2D eigenvalue weighted by Crippen LogP contribution is 2.24. The van der Waals surface area contributed by atoms with Gasteiger partial charge in [0.2, 0.25) is 0 Å². The Morgan fingerprint density at radius 1 is 1.33 bits per heavy atom. The largest absolute Gasteiger partial charge is 0.496 e. The summed E-state index contributed by atoms with van der Waals surface area (Å²) in [5.74, 6) is 0.936. The van der Waals surface area contributed by atoms with Gasteiger partial charge in [0.05, 0.1) is 13.7 Å². The highest BCUT2D eigenvalue weighted by atomic mass is 16.5. The molecule has 0 spiro atoms. The fourth-order valence-electron chi connectivity index (χ4n) is 1.77. The van der Waals surface area contributed by atoms with Crippen LogP contribution in [-0.4, -0.2) is 25.4 Å². The number of methoxy groups -OCH3 is 1. The van der Waals surface area contributed by atoms with Crippen molar-refractivity contribution in [2.24, 2.45) is 0 Å². The average Bonchev–Trinajstić information content (AvgIpc) is 2.17. The molecule has 1 rings (SSSR count). The van der Waals surface area contributed by atoms with Gasteiger partial charge in [-0.05, 0) is 19.4 Å². The van der Waals surface area contributed by atoms with E-state index in [1.54, 1.807) is 7.11 Å². The van der Waals surface area contributed by atoms with Gasteiger partial charge in [-0.3, -0.25) is 0 Å². The van der Waals surface area contributed by atoms with E-state index < -0.39 is 0 Å². The van der Waals surface area contributed by atoms with Crippen molar-refractivity contribution in [1.29, 1.82) is 0 Å². The van der Waals surface area contributed by atoms with Gasteiger partial charge < -0.3 is 15.2 Å². The molecule has 1 aromatic carbocycles. The molecule has 3 nitrogen and oxygen atoms in total. The minimum atomic E-state index is 0.160. The van der Waals surface area contributed by atoms with E-state index in [-0.39, 0.29) is 6.61 Å². The Balaban J connectivity index is 2.84. The van der Waals surface area contributed by atoms with Gasteiger partial charge in [0.1, 0.15) is 5.75 Å². The average molecular weight is 209 g/mol. The number of rotatable bonds is 5. The molecule has 0 aliphatic rings. The summed E-state index contributed by atoms with van der Waals surface area (Å²) in [6, 6.07) is 4.21. The molecule has 15 heavy (non-hydrogen) atoms. The van der Waals surface area contributed by atoms with Crippen LogP contribution in [0.25, 0.3) is 0 Å². The zero-order chi connectivity index (χ0) is 11.3. The van der Waals surface area contributed by atoms with Crippen molar-refractivity contribution in [1.82, 2.24) is 5.32 Å². The molecule has 0 bridgehead atoms. The van der Waals surface area contributed by atoms with Crippen LogP contribution in [0, 0.1) is 13.8 Å². The zero-order valence-corrected chi connectivity index (χ0v) is 9.63. The molecule has 0 aromatic heterocycles. The molecule has 0 amide bonds. The molecule has 84 valence electrons. The summed E-state index contributed by atoms with van der Waals surface area (Å²) in [4.78, 5) is 0. The van der Waals surface area contributed by atoms with Crippen LogP contribution in [0.3, 0.4) is 0 Å². The van der Waals surface area contributed by atoms with Gasteiger partial charge in [-0.1, -0.05) is 17.7 Å². The molecular formula is C12H19NO2. The smallest absolute Gasteiger partial charge is 0.126 e. The Kier molecular flexibility index (Phi) is 4.59. The Bertz CT molecular complexity index is 324. The van der Waals surface area contributed by atoms with Crippen LogP contribution in [0.5, 0.6) is 5.75 Å². The van der Waals surface area contributed by atoms with Gasteiger partial charge in [0.15, 0.2) is 0 Å². The Morgan fingerprint density at radius 2 is 2.07 bits per heavy atom. The summed E-state index contributed by atoms with van der Waals surface area (Å²) in [6.45, 7) is 5.61. The first kappa shape index (κ1) is 12.0. The van der Waals surface area contributed by atoms with Gasteiger partial charge in [-0.15, -0.1) is 0 Å². The van der Waals surface area contributed by atoms with Crippen LogP contribution in [0.4, 0.5) is 0 Å². The maximum absolute atomic E-state index is 8.69. The minimum Gasteiger partial charge on any atom is -0.496 e. The number of hydrogen-bond acceptors (Lipinski definition) is 3. The van der Waals surface area contributed by atoms with Crippen molar-refractivity contribution in [3.05, 3.63) is 28.8 Å². The standard InChI is InChI=1S/C12H19NO2/c1-9-6-10(2)12(15-3)11(7-9)8-13-4-5-14/h6-7,13-14H,4-5,8H2,1-3H3. The van der Waals surface area contributed by atoms with Crippen LogP contribution in [0.2, 0.25) is 0 Å². The van der Waals surface area contributed by atoms with Crippen molar-refractivity contribution >= 4 is 0 Å². The van der Waals surface area contributed by atoms with Crippen molar-refractivity contribution in [3.63, 3.8) is 0 Å². The van der Waals surface area contributed by atoms with E-state index >= 15 is 0 Å². The first-order valence-corrected chi connectivity index (χ1v) is 5.14. The third-order valence-electron chi connectivity index (χ3n) is 2.30. The van der Waals surface area contributed by atoms with Crippen molar-refractivity contribution < 1.29 is 9.84 Å². The number of ether oxygens (including phenoxy) is 1. The number of aliphatic hydroxyl groups is 1. The second-order valence-corrected chi connectivity index (χ2v) is 3.67. The molecule has 2 N–H and O–H groups in total. The SMILES string of the molecule is COc1c(C)cc(C)cc1CNCCO. The third kappa shape index (κ3) is 3.22. The van der Waals surface area contributed by atoms with Crippen LogP contribution in [0.1, 0.15) is 16.7 Å². The second kappa shape index (κ2) is 5.73. The van der Waals surface area contributed by atoms with E-state index in [0.29, 0.717) is 6.54 Å². The van der Waals surface area contributed by atoms with E-state index in [4.69, 9.17) is 9.84 Å². The molecule has 0 atom stereocenters. The van der Waals surface area contributed by atoms with E-state index in [0.717, 1.165) is 23.4 Å². The second-order valence-electron chi connectivity index (χ2n) is 3.67. The van der Waals surface area contributed by atoms with Crippen LogP contribution >= 0.6 is 0 Å². The summed E-state index contributed by atoms with van der Waals surface area (Å²) in [6.07, 6.45) is 0. The van der Waals surface area contributed by atoms with E-state index in [1.807, 2.05) is 6.92 Å². The van der Waals surface area contributed by atoms with Crippen LogP contribution in [-0.2, 0) is 6.54 Å². The topological polar surface area (TPSA) is 41.5 Å². The molecule has 0 aliphatic carbocycles. The lowest BCUT2D eigenvalue weighted by Gasteiger charge is -2.13. The lowest BCUT2D eigenvalue weighted by Crippen LogP contribution is -2.18. The predicted molar refractivity (Wildman–Crippen MR) is 61.3 cm³/mol. The van der Waals surface area contributed by atoms with Crippen LogP contribution in [0.15, 0.2) is 12.1 Å². The molecule has 1 aromatic rings. The monoisotopic (exact) mass is 209 g/mol. The molecule has 0 radical (unpaired) electrons. The summed E-state index contributed by atoms with van der Waals surface area (Å²) in [7, 11) is 1.69. The van der Waals surface area contributed by atoms with Crippen molar-refractivity contribution in [2.45, 2.75) is 20.4 Å². The van der Waals surface area contributed by atoms with Gasteiger partial charge in [-0.25, -0.2) is 0 Å². The Labute approximate surface area is 91.1 Å². The number of benzene rings is 1. The lowest BCUT2D eigenvalue weighted by molar-refractivity contribution is 0.291. The van der Waals surface area contributed by atoms with E-state index in [9.17, 15) is 0 Å². The quantitative estimate of drug-likeness (QED) is 0.720. The van der Waals surface area contributed by atoms with Crippen molar-refractivity contribution in [2.75, 3.05) is 20.3 Å². The highest BCUT2D eigenvalue weighted by molar-refractivity contribution is 5.43. The molecule has 0 heterocycles. The van der Waals surface area contributed by atoms with Gasteiger partial charge in [-0.2, -0.15) is 0 Å². The molecule has 0 aliphatic heterocycles. The summed E-state index contributed by atoms with van der Waals surface area (Å²) in [5.41, 5.74) is 3.52. The maximum atomic E-state index is 8.69. The zero-order valence-electron chi connectivity index (χ0n) is 9.63. The Hall–Kier alpha value is -1.06. The molecule has 3 heteroatoms. The molecule has 0 saturated heterocycles. The maximum Gasteiger partial charge on any atom is 0.126 e. The van der Waals surface area contributed by atoms with Gasteiger partial charge in [0, 0.05) is 18.7 Å². The number of aliphatic hydroxyl groups excluding tert-OH is 1. The number of aryl methyl sites for hydroxylation is 2. The summed E-state index contributed by atoms with van der Waals surface area (Å²) >= 11 is 0. The molecule has 0 fully saturated rings. The van der Waals surface area contributed by atoms with E-state index in [2.05, 4.69) is 24.4 Å². The van der Waals surface area contributed by atoms with E-state index in [1.165, 1.54) is 5.56 Å². The predicted octanol–water partition coefficient (Wildman–Crippen LogP) is 1.39. The lowest BCUT2D eigenvalue weighted by atomic mass is 10.1. The highest BCUT2D eigenvalue weighted by Gasteiger charge is 2.06. The van der Waals surface area contributed by atoms with Gasteiger partial charge >= 0.3 is 0 Å². The molecule has 0 saturated carbocycles. The Morgan fingerprint density at radius 3 is 2.67 bits per heavy atom. The summed E-state index contributed by atoms with van der Waals surface area (Å²) < 4.78 is 5.36. The fourth-order valence-corrected chi connectivity index (χ4v) is 1.77. The minimum absolute atomic E-state index is 0.160. The van der Waals surface area contributed by atoms with Gasteiger partial charge in [0.25, 0.3) is 0 Å². The third-order valence-corrected chi connectivity index (χ3v) is 2.30. The fraction of sp³-hybridized carbons (Fsp3) is 0.500. The first-order chi connectivity index (χ1) is 7.19. The van der Waals surface area contributed by atoms with Crippen molar-refractivity contribution in [3.8, 4) is 5.75 Å². The number of nitrogens with one attached hydrogen (secondary N) is 1. The summed E-state index contributed by atoms with van der Waals surface area (Å²) in [5, 5.41) is 11.8. The normalized spacial score (nSPS) is 10.4. The van der Waals surface area contributed by atoms with Crippen LogP contribution < -0.4 is 10.1 Å². The number of hydrogen-bond donors (Lipinski definition) is 2. The molecule has 0 unspecified atom stereocenters. The first-order valence-electron chi connectivity index (χ1n) is 5.14.